The van der Waals surface area contributed by atoms with Crippen LogP contribution in [0.1, 0.15) is 49.4 Å². The van der Waals surface area contributed by atoms with E-state index in [1.807, 2.05) is 0 Å². The van der Waals surface area contributed by atoms with Crippen LogP contribution in [0.2, 0.25) is 0 Å². The van der Waals surface area contributed by atoms with Gasteiger partial charge in [-0.05, 0) is 51.9 Å². The molecule has 0 aliphatic carbocycles. The highest BCUT2D eigenvalue weighted by Crippen LogP contribution is 2.18. The van der Waals surface area contributed by atoms with Gasteiger partial charge < -0.3 is 10.6 Å². The zero-order chi connectivity index (χ0) is 13.5. The Labute approximate surface area is 112 Å². The summed E-state index contributed by atoms with van der Waals surface area (Å²) < 4.78 is 0. The molecule has 0 aliphatic rings. The average molecular weight is 248 g/mol. The molecule has 0 fully saturated rings. The fourth-order valence-electron chi connectivity index (χ4n) is 2.46. The Morgan fingerprint density at radius 2 is 1.67 bits per heavy atom. The summed E-state index contributed by atoms with van der Waals surface area (Å²) in [5.41, 5.74) is 10.2. The molecule has 102 valence electrons. The molecule has 0 aliphatic heterocycles. The van der Waals surface area contributed by atoms with E-state index in [2.05, 4.69) is 50.8 Å². The van der Waals surface area contributed by atoms with Crippen LogP contribution in [-0.2, 0) is 0 Å². The van der Waals surface area contributed by atoms with Gasteiger partial charge in [-0.3, -0.25) is 0 Å². The van der Waals surface area contributed by atoms with Gasteiger partial charge in [0.1, 0.15) is 0 Å². The topological polar surface area (TPSA) is 29.3 Å². The lowest BCUT2D eigenvalue weighted by Gasteiger charge is -2.22. The molecule has 1 atom stereocenters. The van der Waals surface area contributed by atoms with Gasteiger partial charge in [-0.15, -0.1) is 0 Å². The van der Waals surface area contributed by atoms with Crippen LogP contribution in [0.5, 0.6) is 0 Å². The minimum absolute atomic E-state index is 0.162. The first-order valence-corrected chi connectivity index (χ1v) is 7.13. The molecule has 2 nitrogen and oxygen atoms in total. The van der Waals surface area contributed by atoms with Crippen LogP contribution >= 0.6 is 0 Å². The summed E-state index contributed by atoms with van der Waals surface area (Å²) in [6.07, 6.45) is 2.25. The van der Waals surface area contributed by atoms with Crippen LogP contribution < -0.4 is 5.73 Å². The summed E-state index contributed by atoms with van der Waals surface area (Å²) >= 11 is 0. The predicted molar refractivity (Wildman–Crippen MR) is 79.9 cm³/mol. The molecule has 2 N–H and O–H groups in total. The molecule has 0 heterocycles. The van der Waals surface area contributed by atoms with E-state index >= 15 is 0 Å². The number of nitrogens with zero attached hydrogens (tertiary/aromatic N) is 1. The quantitative estimate of drug-likeness (QED) is 0.801. The lowest BCUT2D eigenvalue weighted by atomic mass is 9.99. The maximum atomic E-state index is 6.31. The molecule has 1 aromatic carbocycles. The Bertz CT molecular complexity index is 340. The number of aryl methyl sites for hydroxylation is 2. The summed E-state index contributed by atoms with van der Waals surface area (Å²) in [6, 6.07) is 6.79. The van der Waals surface area contributed by atoms with Crippen LogP contribution in [0.15, 0.2) is 18.2 Å². The number of benzene rings is 1. The zero-order valence-corrected chi connectivity index (χ0v) is 12.4. The van der Waals surface area contributed by atoms with E-state index in [1.54, 1.807) is 0 Å². The SMILES string of the molecule is CCCN(CC)CCC(N)c1cc(C)cc(C)c1. The van der Waals surface area contributed by atoms with Crippen molar-refractivity contribution in [2.24, 2.45) is 5.73 Å². The Kier molecular flexibility index (Phi) is 6.37. The van der Waals surface area contributed by atoms with Crippen LogP contribution in [-0.4, -0.2) is 24.5 Å². The summed E-state index contributed by atoms with van der Waals surface area (Å²) in [5.74, 6) is 0. The minimum Gasteiger partial charge on any atom is -0.324 e. The summed E-state index contributed by atoms with van der Waals surface area (Å²) in [5, 5.41) is 0. The summed E-state index contributed by atoms with van der Waals surface area (Å²) in [6.45, 7) is 12.1. The van der Waals surface area contributed by atoms with Crippen molar-refractivity contribution in [2.75, 3.05) is 19.6 Å². The summed E-state index contributed by atoms with van der Waals surface area (Å²) in [7, 11) is 0. The largest absolute Gasteiger partial charge is 0.324 e. The van der Waals surface area contributed by atoms with Crippen LogP contribution in [0.25, 0.3) is 0 Å². The van der Waals surface area contributed by atoms with Gasteiger partial charge in [0.2, 0.25) is 0 Å². The molecular formula is C16H28N2. The molecule has 0 bridgehead atoms. The lowest BCUT2D eigenvalue weighted by Crippen LogP contribution is -2.28. The summed E-state index contributed by atoms with van der Waals surface area (Å²) in [4.78, 5) is 2.47. The molecule has 0 saturated heterocycles. The normalized spacial score (nSPS) is 13.0. The van der Waals surface area contributed by atoms with E-state index in [9.17, 15) is 0 Å². The van der Waals surface area contributed by atoms with Gasteiger partial charge in [0.15, 0.2) is 0 Å². The van der Waals surface area contributed by atoms with Crippen molar-refractivity contribution < 1.29 is 0 Å². The highest BCUT2D eigenvalue weighted by molar-refractivity contribution is 5.30. The van der Waals surface area contributed by atoms with Crippen molar-refractivity contribution >= 4 is 0 Å². The van der Waals surface area contributed by atoms with E-state index in [4.69, 9.17) is 5.73 Å². The van der Waals surface area contributed by atoms with Gasteiger partial charge in [0.05, 0.1) is 0 Å². The predicted octanol–water partition coefficient (Wildman–Crippen LogP) is 3.43. The first-order chi connectivity index (χ1) is 8.56. The molecular weight excluding hydrogens is 220 g/mol. The third-order valence-electron chi connectivity index (χ3n) is 3.42. The molecule has 0 saturated carbocycles. The first-order valence-electron chi connectivity index (χ1n) is 7.13. The third-order valence-corrected chi connectivity index (χ3v) is 3.42. The molecule has 18 heavy (non-hydrogen) atoms. The van der Waals surface area contributed by atoms with E-state index < -0.39 is 0 Å². The first kappa shape index (κ1) is 15.2. The van der Waals surface area contributed by atoms with Gasteiger partial charge >= 0.3 is 0 Å². The van der Waals surface area contributed by atoms with Crippen LogP contribution in [0.3, 0.4) is 0 Å². The number of hydrogen-bond donors (Lipinski definition) is 1. The van der Waals surface area contributed by atoms with Crippen LogP contribution in [0.4, 0.5) is 0 Å². The van der Waals surface area contributed by atoms with Gasteiger partial charge in [-0.1, -0.05) is 43.2 Å². The van der Waals surface area contributed by atoms with Crippen molar-refractivity contribution in [3.8, 4) is 0 Å². The van der Waals surface area contributed by atoms with Gasteiger partial charge in [-0.25, -0.2) is 0 Å². The van der Waals surface area contributed by atoms with Gasteiger partial charge in [0, 0.05) is 6.04 Å². The lowest BCUT2D eigenvalue weighted by molar-refractivity contribution is 0.277. The van der Waals surface area contributed by atoms with Crippen molar-refractivity contribution in [1.29, 1.82) is 0 Å². The Hall–Kier alpha value is -0.860. The zero-order valence-electron chi connectivity index (χ0n) is 12.4. The monoisotopic (exact) mass is 248 g/mol. The van der Waals surface area contributed by atoms with Crippen molar-refractivity contribution in [3.63, 3.8) is 0 Å². The molecule has 1 aromatic rings. The molecule has 0 radical (unpaired) electrons. The Morgan fingerprint density at radius 3 is 2.17 bits per heavy atom. The van der Waals surface area contributed by atoms with E-state index in [0.717, 1.165) is 19.5 Å². The minimum atomic E-state index is 0.162. The van der Waals surface area contributed by atoms with E-state index in [1.165, 1.54) is 29.7 Å². The fraction of sp³-hybridized carbons (Fsp3) is 0.625. The average Bonchev–Trinajstić information content (AvgIpc) is 2.32. The fourth-order valence-corrected chi connectivity index (χ4v) is 2.46. The Balaban J connectivity index is 2.56. The molecule has 1 rings (SSSR count). The van der Waals surface area contributed by atoms with E-state index in [0.29, 0.717) is 0 Å². The second-order valence-corrected chi connectivity index (χ2v) is 5.25. The number of nitrogens with two attached hydrogens (primary N) is 1. The highest BCUT2D eigenvalue weighted by atomic mass is 15.1. The van der Waals surface area contributed by atoms with Crippen molar-refractivity contribution in [1.82, 2.24) is 4.90 Å². The highest BCUT2D eigenvalue weighted by Gasteiger charge is 2.09. The maximum absolute atomic E-state index is 6.31. The number of rotatable bonds is 7. The smallest absolute Gasteiger partial charge is 0.0307 e. The maximum Gasteiger partial charge on any atom is 0.0307 e. The van der Waals surface area contributed by atoms with Crippen molar-refractivity contribution in [2.45, 2.75) is 46.6 Å². The van der Waals surface area contributed by atoms with Gasteiger partial charge in [0.25, 0.3) is 0 Å². The third kappa shape index (κ3) is 4.79. The molecule has 2 heteroatoms. The molecule has 1 unspecified atom stereocenters. The molecule has 0 spiro atoms. The molecule has 0 amide bonds. The van der Waals surface area contributed by atoms with Gasteiger partial charge in [-0.2, -0.15) is 0 Å². The van der Waals surface area contributed by atoms with Crippen molar-refractivity contribution in [3.05, 3.63) is 34.9 Å². The molecule has 0 aromatic heterocycles. The second kappa shape index (κ2) is 7.55. The van der Waals surface area contributed by atoms with E-state index in [-0.39, 0.29) is 6.04 Å². The Morgan fingerprint density at radius 1 is 1.06 bits per heavy atom. The number of hydrogen-bond acceptors (Lipinski definition) is 2. The van der Waals surface area contributed by atoms with Crippen LogP contribution in [0, 0.1) is 13.8 Å². The standard InChI is InChI=1S/C16H28N2/c1-5-8-18(6-2)9-7-16(17)15-11-13(3)10-14(4)12-15/h10-12,16H,5-9,17H2,1-4H3. The second-order valence-electron chi connectivity index (χ2n) is 5.25.